The molecule has 3 heteroatoms. The van der Waals surface area contributed by atoms with Crippen LogP contribution in [0.15, 0.2) is 42.0 Å². The van der Waals surface area contributed by atoms with Gasteiger partial charge in [-0.2, -0.15) is 0 Å². The fourth-order valence-electron chi connectivity index (χ4n) is 2.43. The van der Waals surface area contributed by atoms with Crippen molar-refractivity contribution in [2.75, 3.05) is 24.5 Å². The van der Waals surface area contributed by atoms with E-state index in [4.69, 9.17) is 0 Å². The minimum absolute atomic E-state index is 0.0261. The smallest absolute Gasteiger partial charge is 0.243 e. The van der Waals surface area contributed by atoms with E-state index in [1.165, 1.54) is 5.69 Å². The van der Waals surface area contributed by atoms with Crippen LogP contribution in [0.3, 0.4) is 0 Å². The Kier molecular flexibility index (Phi) is 4.61. The summed E-state index contributed by atoms with van der Waals surface area (Å²) in [4.78, 5) is 13.9. The van der Waals surface area contributed by atoms with Crippen LogP contribution in [0.5, 0.6) is 0 Å². The molecule has 0 saturated carbocycles. The number of nitrogens with one attached hydrogen (secondary N) is 1. The lowest BCUT2D eigenvalue weighted by Gasteiger charge is -2.18. The van der Waals surface area contributed by atoms with E-state index in [0.29, 0.717) is 5.92 Å². The summed E-state index contributed by atoms with van der Waals surface area (Å²) in [5.74, 6) is 0.577. The highest BCUT2D eigenvalue weighted by molar-refractivity contribution is 5.88. The van der Waals surface area contributed by atoms with Crippen LogP contribution in [0.2, 0.25) is 0 Å². The van der Waals surface area contributed by atoms with Gasteiger partial charge in [-0.05, 0) is 38.3 Å². The van der Waals surface area contributed by atoms with E-state index in [0.717, 1.165) is 31.6 Å². The number of benzene rings is 1. The number of para-hydroxylation sites is 1. The number of carbonyl (C=O) groups is 1. The Morgan fingerprint density at radius 3 is 2.79 bits per heavy atom. The van der Waals surface area contributed by atoms with Crippen LogP contribution in [-0.4, -0.2) is 25.5 Å². The Hall–Kier alpha value is -1.77. The summed E-state index contributed by atoms with van der Waals surface area (Å²) >= 11 is 0. The number of carbonyl (C=O) groups excluding carboxylic acids is 1. The molecule has 0 spiro atoms. The quantitative estimate of drug-likeness (QED) is 0.842. The molecule has 0 unspecified atom stereocenters. The SMILES string of the molecule is CC(C)=CC(=O)NC[C@@H]1CCN(c2ccccc2)C1. The molecule has 0 bridgehead atoms. The molecule has 1 aliphatic rings. The lowest BCUT2D eigenvalue weighted by atomic mass is 10.1. The summed E-state index contributed by atoms with van der Waals surface area (Å²) in [5, 5.41) is 2.99. The van der Waals surface area contributed by atoms with E-state index in [2.05, 4.69) is 34.5 Å². The molecule has 1 N–H and O–H groups in total. The first-order valence-corrected chi connectivity index (χ1v) is 6.88. The van der Waals surface area contributed by atoms with Crippen LogP contribution in [0.25, 0.3) is 0 Å². The first kappa shape index (κ1) is 13.7. The van der Waals surface area contributed by atoms with E-state index in [1.807, 2.05) is 19.9 Å². The average molecular weight is 258 g/mol. The summed E-state index contributed by atoms with van der Waals surface area (Å²) in [6, 6.07) is 10.5. The second-order valence-corrected chi connectivity index (χ2v) is 5.40. The highest BCUT2D eigenvalue weighted by Gasteiger charge is 2.22. The molecule has 0 aliphatic carbocycles. The van der Waals surface area contributed by atoms with Gasteiger partial charge in [0.05, 0.1) is 0 Å². The maximum atomic E-state index is 11.6. The Morgan fingerprint density at radius 1 is 1.37 bits per heavy atom. The maximum absolute atomic E-state index is 11.6. The fourth-order valence-corrected chi connectivity index (χ4v) is 2.43. The van der Waals surface area contributed by atoms with Gasteiger partial charge in [-0.25, -0.2) is 0 Å². The average Bonchev–Trinajstić information content (AvgIpc) is 2.85. The number of amides is 1. The van der Waals surface area contributed by atoms with Gasteiger partial charge < -0.3 is 10.2 Å². The van der Waals surface area contributed by atoms with Gasteiger partial charge in [-0.3, -0.25) is 4.79 Å². The topological polar surface area (TPSA) is 32.3 Å². The number of allylic oxidation sites excluding steroid dienone is 1. The van der Waals surface area contributed by atoms with Crippen LogP contribution < -0.4 is 10.2 Å². The second-order valence-electron chi connectivity index (χ2n) is 5.40. The third kappa shape index (κ3) is 4.12. The third-order valence-electron chi connectivity index (χ3n) is 3.39. The van der Waals surface area contributed by atoms with E-state index < -0.39 is 0 Å². The third-order valence-corrected chi connectivity index (χ3v) is 3.39. The van der Waals surface area contributed by atoms with Crippen LogP contribution in [0, 0.1) is 5.92 Å². The fraction of sp³-hybridized carbons (Fsp3) is 0.438. The molecule has 1 aliphatic heterocycles. The van der Waals surface area contributed by atoms with E-state index in [1.54, 1.807) is 6.08 Å². The Bertz CT molecular complexity index is 449. The minimum Gasteiger partial charge on any atom is -0.371 e. The van der Waals surface area contributed by atoms with Crippen molar-refractivity contribution in [3.8, 4) is 0 Å². The summed E-state index contributed by atoms with van der Waals surface area (Å²) in [5.41, 5.74) is 2.32. The lowest BCUT2D eigenvalue weighted by molar-refractivity contribution is -0.116. The monoisotopic (exact) mass is 258 g/mol. The summed E-state index contributed by atoms with van der Waals surface area (Å²) in [6.45, 7) is 6.75. The molecule has 1 aromatic rings. The van der Waals surface area contributed by atoms with Crippen molar-refractivity contribution in [2.45, 2.75) is 20.3 Å². The Balaban J connectivity index is 1.80. The number of rotatable bonds is 4. The molecule has 2 rings (SSSR count). The number of nitrogens with zero attached hydrogens (tertiary/aromatic N) is 1. The molecule has 1 heterocycles. The molecule has 19 heavy (non-hydrogen) atoms. The number of hydrogen-bond acceptors (Lipinski definition) is 2. The van der Waals surface area contributed by atoms with Gasteiger partial charge in [0.25, 0.3) is 0 Å². The molecule has 3 nitrogen and oxygen atoms in total. The van der Waals surface area contributed by atoms with E-state index >= 15 is 0 Å². The van der Waals surface area contributed by atoms with Gasteiger partial charge in [0.2, 0.25) is 5.91 Å². The molecule has 1 fully saturated rings. The first-order valence-electron chi connectivity index (χ1n) is 6.88. The van der Waals surface area contributed by atoms with Gasteiger partial charge >= 0.3 is 0 Å². The zero-order chi connectivity index (χ0) is 13.7. The van der Waals surface area contributed by atoms with Crippen LogP contribution in [0.4, 0.5) is 5.69 Å². The summed E-state index contributed by atoms with van der Waals surface area (Å²) in [7, 11) is 0. The highest BCUT2D eigenvalue weighted by atomic mass is 16.1. The largest absolute Gasteiger partial charge is 0.371 e. The molecular weight excluding hydrogens is 236 g/mol. The van der Waals surface area contributed by atoms with Gasteiger partial charge in [0.15, 0.2) is 0 Å². The second kappa shape index (κ2) is 6.41. The predicted octanol–water partition coefficient (Wildman–Crippen LogP) is 2.60. The molecule has 1 amide bonds. The first-order chi connectivity index (χ1) is 9.15. The van der Waals surface area contributed by atoms with Crippen molar-refractivity contribution in [3.63, 3.8) is 0 Å². The van der Waals surface area contributed by atoms with Gasteiger partial charge in [0.1, 0.15) is 0 Å². The van der Waals surface area contributed by atoms with Crippen molar-refractivity contribution in [1.82, 2.24) is 5.32 Å². The van der Waals surface area contributed by atoms with Crippen LogP contribution >= 0.6 is 0 Å². The standard InChI is InChI=1S/C16H22N2O/c1-13(2)10-16(19)17-11-14-8-9-18(12-14)15-6-4-3-5-7-15/h3-7,10,14H,8-9,11-12H2,1-2H3,(H,17,19)/t14-/m0/s1. The molecular formula is C16H22N2O. The van der Waals surface area contributed by atoms with Crippen molar-refractivity contribution < 1.29 is 4.79 Å². The normalized spacial score (nSPS) is 18.2. The Morgan fingerprint density at radius 2 is 2.11 bits per heavy atom. The summed E-state index contributed by atoms with van der Waals surface area (Å²) < 4.78 is 0. The van der Waals surface area contributed by atoms with E-state index in [-0.39, 0.29) is 5.91 Å². The van der Waals surface area contributed by atoms with E-state index in [9.17, 15) is 4.79 Å². The molecule has 1 saturated heterocycles. The molecule has 102 valence electrons. The predicted molar refractivity (Wildman–Crippen MR) is 79.2 cm³/mol. The molecule has 1 aromatic carbocycles. The van der Waals surface area contributed by atoms with Gasteiger partial charge in [-0.15, -0.1) is 0 Å². The van der Waals surface area contributed by atoms with Crippen molar-refractivity contribution in [2.24, 2.45) is 5.92 Å². The van der Waals surface area contributed by atoms with Gasteiger partial charge in [0, 0.05) is 31.4 Å². The lowest BCUT2D eigenvalue weighted by Crippen LogP contribution is -2.30. The minimum atomic E-state index is 0.0261. The number of anilines is 1. The highest BCUT2D eigenvalue weighted by Crippen LogP contribution is 2.22. The van der Waals surface area contributed by atoms with Crippen LogP contribution in [0.1, 0.15) is 20.3 Å². The van der Waals surface area contributed by atoms with Crippen LogP contribution in [-0.2, 0) is 4.79 Å². The van der Waals surface area contributed by atoms with Gasteiger partial charge in [-0.1, -0.05) is 23.8 Å². The van der Waals surface area contributed by atoms with Crippen molar-refractivity contribution >= 4 is 11.6 Å². The zero-order valence-electron chi connectivity index (χ0n) is 11.7. The molecule has 1 atom stereocenters. The van der Waals surface area contributed by atoms with Crippen molar-refractivity contribution in [3.05, 3.63) is 42.0 Å². The maximum Gasteiger partial charge on any atom is 0.243 e. The zero-order valence-corrected chi connectivity index (χ0v) is 11.7. The Labute approximate surface area is 115 Å². The molecule has 0 radical (unpaired) electrons. The number of hydrogen-bond donors (Lipinski definition) is 1. The van der Waals surface area contributed by atoms with Crippen molar-refractivity contribution in [1.29, 1.82) is 0 Å². The molecule has 0 aromatic heterocycles. The summed E-state index contributed by atoms with van der Waals surface area (Å²) in [6.07, 6.45) is 2.80.